The first-order valence-electron chi connectivity index (χ1n) is 7.93. The predicted molar refractivity (Wildman–Crippen MR) is 104 cm³/mol. The molecule has 3 aromatic rings. The van der Waals surface area contributed by atoms with Crippen molar-refractivity contribution in [1.29, 1.82) is 0 Å². The minimum Gasteiger partial charge on any atom is -0.438 e. The molecule has 0 aliphatic heterocycles. The van der Waals surface area contributed by atoms with Gasteiger partial charge in [0.2, 0.25) is 12.1 Å². The third kappa shape index (κ3) is 4.01. The van der Waals surface area contributed by atoms with Gasteiger partial charge < -0.3 is 9.72 Å². The van der Waals surface area contributed by atoms with Crippen LogP contribution >= 0.6 is 31.9 Å². The first-order valence-corrected chi connectivity index (χ1v) is 9.52. The summed E-state index contributed by atoms with van der Waals surface area (Å²) in [5.74, 6) is -0.304. The molecular formula is C17H15Br2N5O3. The summed E-state index contributed by atoms with van der Waals surface area (Å²) in [5, 5.41) is 12.1. The Balaban J connectivity index is 1.96. The van der Waals surface area contributed by atoms with Gasteiger partial charge in [-0.05, 0) is 47.1 Å². The molecule has 2 aromatic heterocycles. The Morgan fingerprint density at radius 3 is 2.70 bits per heavy atom. The molecule has 8 nitrogen and oxygen atoms in total. The Kier molecular flexibility index (Phi) is 5.56. The number of aromatic amines is 1. The summed E-state index contributed by atoms with van der Waals surface area (Å²) in [6.45, 7) is 4.73. The number of aromatic nitrogens is 5. The lowest BCUT2D eigenvalue weighted by molar-refractivity contribution is -0.151. The third-order valence-corrected chi connectivity index (χ3v) is 5.04. The molecule has 0 aliphatic carbocycles. The molecule has 0 bridgehead atoms. The fourth-order valence-electron chi connectivity index (χ4n) is 2.56. The number of tetrazole rings is 1. The summed E-state index contributed by atoms with van der Waals surface area (Å²) in [7, 11) is 0. The molecule has 1 N–H and O–H groups in total. The normalized spacial score (nSPS) is 12.0. The Hall–Kier alpha value is -2.33. The van der Waals surface area contributed by atoms with Gasteiger partial charge in [0.15, 0.2) is 5.78 Å². The Morgan fingerprint density at radius 1 is 1.30 bits per heavy atom. The lowest BCUT2D eigenvalue weighted by Gasteiger charge is -2.08. The van der Waals surface area contributed by atoms with Gasteiger partial charge in [-0.3, -0.25) is 9.59 Å². The van der Waals surface area contributed by atoms with Crippen LogP contribution in [0.15, 0.2) is 33.2 Å². The number of nitrogens with one attached hydrogen (secondary N) is 1. The summed E-state index contributed by atoms with van der Waals surface area (Å²) in [6, 6.07) is 7.17. The highest BCUT2D eigenvalue weighted by Crippen LogP contribution is 2.33. The van der Waals surface area contributed by atoms with Crippen LogP contribution in [0, 0.1) is 6.92 Å². The largest absolute Gasteiger partial charge is 0.438 e. The third-order valence-electron chi connectivity index (χ3n) is 3.75. The van der Waals surface area contributed by atoms with E-state index in [4.69, 9.17) is 4.74 Å². The van der Waals surface area contributed by atoms with Gasteiger partial charge in [0.05, 0.1) is 10.0 Å². The zero-order valence-electron chi connectivity index (χ0n) is 14.7. The van der Waals surface area contributed by atoms with Gasteiger partial charge in [0, 0.05) is 22.7 Å². The van der Waals surface area contributed by atoms with Crippen molar-refractivity contribution >= 4 is 43.6 Å². The van der Waals surface area contributed by atoms with E-state index in [2.05, 4.69) is 52.3 Å². The maximum Gasteiger partial charge on any atom is 0.304 e. The Morgan fingerprint density at radius 2 is 2.04 bits per heavy atom. The second-order valence-electron chi connectivity index (χ2n) is 5.80. The van der Waals surface area contributed by atoms with Crippen LogP contribution in [0.4, 0.5) is 0 Å². The number of benzene rings is 1. The molecular weight excluding hydrogens is 482 g/mol. The SMILES string of the molecule is CC(=O)OC(C)n1nnc(-c2[nH]c(C)c(C(=O)c3cccc(Br)c3)c2Br)n1. The van der Waals surface area contributed by atoms with Gasteiger partial charge in [-0.25, -0.2) is 0 Å². The maximum atomic E-state index is 12.9. The lowest BCUT2D eigenvalue weighted by Crippen LogP contribution is -2.15. The van der Waals surface area contributed by atoms with Gasteiger partial charge in [0.1, 0.15) is 5.69 Å². The number of rotatable bonds is 5. The highest BCUT2D eigenvalue weighted by molar-refractivity contribution is 9.11. The van der Waals surface area contributed by atoms with Crippen LogP contribution < -0.4 is 0 Å². The van der Waals surface area contributed by atoms with Crippen LogP contribution in [0.2, 0.25) is 0 Å². The fraction of sp³-hybridized carbons (Fsp3) is 0.235. The van der Waals surface area contributed by atoms with E-state index in [9.17, 15) is 9.59 Å². The van der Waals surface area contributed by atoms with E-state index in [0.717, 1.165) is 4.47 Å². The van der Waals surface area contributed by atoms with Crippen molar-refractivity contribution in [2.24, 2.45) is 0 Å². The molecule has 0 aliphatic rings. The Bertz CT molecular complexity index is 1030. The number of H-pyrrole nitrogens is 1. The van der Waals surface area contributed by atoms with Gasteiger partial charge in [-0.1, -0.05) is 28.1 Å². The molecule has 0 saturated carbocycles. The summed E-state index contributed by atoms with van der Waals surface area (Å²) in [4.78, 5) is 28.3. The van der Waals surface area contributed by atoms with Crippen molar-refractivity contribution in [2.75, 3.05) is 0 Å². The number of ether oxygens (including phenoxy) is 1. The van der Waals surface area contributed by atoms with Crippen molar-refractivity contribution in [2.45, 2.75) is 27.0 Å². The first-order chi connectivity index (χ1) is 12.8. The van der Waals surface area contributed by atoms with E-state index in [-0.39, 0.29) is 11.6 Å². The van der Waals surface area contributed by atoms with Crippen LogP contribution in [0.1, 0.15) is 41.7 Å². The molecule has 0 saturated heterocycles. The monoisotopic (exact) mass is 495 g/mol. The predicted octanol–water partition coefficient (Wildman–Crippen LogP) is 3.81. The fourth-order valence-corrected chi connectivity index (χ4v) is 3.71. The van der Waals surface area contributed by atoms with Crippen LogP contribution in [-0.2, 0) is 9.53 Å². The molecule has 140 valence electrons. The average Bonchev–Trinajstić information content (AvgIpc) is 3.18. The number of aryl methyl sites for hydroxylation is 1. The van der Waals surface area contributed by atoms with Crippen molar-refractivity contribution in [3.05, 3.63) is 50.0 Å². The highest BCUT2D eigenvalue weighted by atomic mass is 79.9. The molecule has 10 heteroatoms. The minimum atomic E-state index is -0.693. The van der Waals surface area contributed by atoms with Gasteiger partial charge in [-0.2, -0.15) is 0 Å². The first kappa shape index (κ1) is 19.4. The summed E-state index contributed by atoms with van der Waals surface area (Å²) in [6.07, 6.45) is -0.693. The molecule has 1 aromatic carbocycles. The van der Waals surface area contributed by atoms with Gasteiger partial charge in [-0.15, -0.1) is 15.0 Å². The highest BCUT2D eigenvalue weighted by Gasteiger charge is 2.24. The topological polar surface area (TPSA) is 103 Å². The summed E-state index contributed by atoms with van der Waals surface area (Å²) in [5.41, 5.74) is 2.24. The van der Waals surface area contributed by atoms with Crippen molar-refractivity contribution in [1.82, 2.24) is 25.2 Å². The number of carbonyl (C=O) groups is 2. The number of ketones is 1. The molecule has 0 amide bonds. The smallest absolute Gasteiger partial charge is 0.304 e. The van der Waals surface area contributed by atoms with E-state index in [1.165, 1.54) is 11.7 Å². The molecule has 1 unspecified atom stereocenters. The minimum absolute atomic E-state index is 0.135. The summed E-state index contributed by atoms with van der Waals surface area (Å²) >= 11 is 6.85. The number of hydrogen-bond acceptors (Lipinski definition) is 6. The Labute approximate surface area is 171 Å². The molecule has 1 atom stereocenters. The van der Waals surface area contributed by atoms with Crippen molar-refractivity contribution in [3.8, 4) is 11.5 Å². The van der Waals surface area contributed by atoms with Gasteiger partial charge in [0.25, 0.3) is 0 Å². The zero-order chi connectivity index (χ0) is 19.7. The molecule has 0 fully saturated rings. The van der Waals surface area contributed by atoms with Crippen LogP contribution in [-0.4, -0.2) is 36.9 Å². The molecule has 0 spiro atoms. The quantitative estimate of drug-likeness (QED) is 0.425. The number of nitrogens with zero attached hydrogens (tertiary/aromatic N) is 4. The lowest BCUT2D eigenvalue weighted by atomic mass is 10.0. The molecule has 3 rings (SSSR count). The number of hydrogen-bond donors (Lipinski definition) is 1. The van der Waals surface area contributed by atoms with E-state index in [0.29, 0.717) is 27.0 Å². The molecule has 2 heterocycles. The van der Waals surface area contributed by atoms with Crippen LogP contribution in [0.25, 0.3) is 11.5 Å². The second-order valence-corrected chi connectivity index (χ2v) is 7.50. The summed E-state index contributed by atoms with van der Waals surface area (Å²) < 4.78 is 6.40. The number of carbonyl (C=O) groups excluding carboxylic acids is 2. The second kappa shape index (κ2) is 7.73. The van der Waals surface area contributed by atoms with E-state index in [1.54, 1.807) is 32.0 Å². The molecule has 0 radical (unpaired) electrons. The van der Waals surface area contributed by atoms with E-state index < -0.39 is 12.2 Å². The van der Waals surface area contributed by atoms with Crippen LogP contribution in [0.3, 0.4) is 0 Å². The van der Waals surface area contributed by atoms with Gasteiger partial charge >= 0.3 is 5.97 Å². The standard InChI is InChI=1S/C17H15Br2N5O3/c1-8-13(16(26)11-5-4-6-12(18)7-11)14(19)15(20-8)17-21-23-24(22-17)9(2)27-10(3)25/h4-7,9,20H,1-3H3. The van der Waals surface area contributed by atoms with Crippen molar-refractivity contribution in [3.63, 3.8) is 0 Å². The van der Waals surface area contributed by atoms with E-state index in [1.807, 2.05) is 6.07 Å². The van der Waals surface area contributed by atoms with Crippen molar-refractivity contribution < 1.29 is 14.3 Å². The number of halogens is 2. The molecule has 27 heavy (non-hydrogen) atoms. The van der Waals surface area contributed by atoms with E-state index >= 15 is 0 Å². The zero-order valence-corrected chi connectivity index (χ0v) is 17.8. The van der Waals surface area contributed by atoms with Crippen LogP contribution in [0.5, 0.6) is 0 Å². The maximum absolute atomic E-state index is 12.9. The number of esters is 1. The average molecular weight is 497 g/mol.